The summed E-state index contributed by atoms with van der Waals surface area (Å²) in [5, 5.41) is 0. The van der Waals surface area contributed by atoms with Gasteiger partial charge in [0, 0.05) is 11.5 Å². The van der Waals surface area contributed by atoms with E-state index < -0.39 is 0 Å². The third-order valence-electron chi connectivity index (χ3n) is 3.31. The largest absolute Gasteiger partial charge is 0.486 e. The highest BCUT2D eigenvalue weighted by Crippen LogP contribution is 2.36. The zero-order chi connectivity index (χ0) is 14.3. The fourth-order valence-electron chi connectivity index (χ4n) is 2.27. The number of aromatic nitrogens is 2. The molecule has 0 atom stereocenters. The van der Waals surface area contributed by atoms with Crippen LogP contribution in [-0.4, -0.2) is 22.9 Å². The summed E-state index contributed by atoms with van der Waals surface area (Å²) < 4.78 is 12.5. The lowest BCUT2D eigenvalue weighted by Gasteiger charge is -2.18. The minimum atomic E-state index is 0.202. The minimum Gasteiger partial charge on any atom is -0.486 e. The van der Waals surface area contributed by atoms with Gasteiger partial charge in [-0.15, -0.1) is 0 Å². The first-order valence-electron chi connectivity index (χ1n) is 6.61. The molecule has 4 N–H and O–H groups in total. The fourth-order valence-corrected chi connectivity index (χ4v) is 2.27. The summed E-state index contributed by atoms with van der Waals surface area (Å²) >= 11 is 0. The molecule has 0 spiro atoms. The average Bonchev–Trinajstić information content (AvgIpc) is 2.75. The van der Waals surface area contributed by atoms with Gasteiger partial charge in [-0.1, -0.05) is 13.8 Å². The van der Waals surface area contributed by atoms with Crippen molar-refractivity contribution in [2.75, 3.05) is 24.8 Å². The first kappa shape index (κ1) is 12.7. The standard InChI is InChI=1S/C14H18N4O2/c1-8(2)14-17-12(13(15)18(14)16)9-3-4-10-11(7-9)20-6-5-19-10/h3-4,7-8H,5-6,15-16H2,1-2H3. The highest BCUT2D eigenvalue weighted by molar-refractivity contribution is 5.73. The molecule has 0 unspecified atom stereocenters. The molecule has 1 aromatic heterocycles. The van der Waals surface area contributed by atoms with Crippen molar-refractivity contribution in [1.82, 2.24) is 9.66 Å². The van der Waals surface area contributed by atoms with Gasteiger partial charge in [0.05, 0.1) is 0 Å². The molecule has 2 heterocycles. The van der Waals surface area contributed by atoms with Crippen LogP contribution in [0.1, 0.15) is 25.6 Å². The maximum Gasteiger partial charge on any atom is 0.162 e. The molecule has 0 aliphatic carbocycles. The van der Waals surface area contributed by atoms with Crippen molar-refractivity contribution in [3.05, 3.63) is 24.0 Å². The molecule has 0 radical (unpaired) electrons. The first-order valence-corrected chi connectivity index (χ1v) is 6.61. The fraction of sp³-hybridized carbons (Fsp3) is 0.357. The molecular formula is C14H18N4O2. The van der Waals surface area contributed by atoms with Gasteiger partial charge in [-0.3, -0.25) is 0 Å². The number of rotatable bonds is 2. The molecule has 1 aliphatic heterocycles. The van der Waals surface area contributed by atoms with Gasteiger partial charge in [-0.25, -0.2) is 9.66 Å². The highest BCUT2D eigenvalue weighted by Gasteiger charge is 2.19. The molecule has 0 bridgehead atoms. The van der Waals surface area contributed by atoms with E-state index in [9.17, 15) is 0 Å². The molecule has 2 aromatic rings. The number of nitrogens with zero attached hydrogens (tertiary/aromatic N) is 2. The van der Waals surface area contributed by atoms with Gasteiger partial charge in [0.25, 0.3) is 0 Å². The van der Waals surface area contributed by atoms with Crippen LogP contribution in [-0.2, 0) is 0 Å². The Hall–Kier alpha value is -2.37. The van der Waals surface area contributed by atoms with E-state index in [1.807, 2.05) is 32.0 Å². The van der Waals surface area contributed by atoms with Crippen molar-refractivity contribution in [1.29, 1.82) is 0 Å². The SMILES string of the molecule is CC(C)c1nc(-c2ccc3c(c2)OCCO3)c(N)n1N. The number of hydrogen-bond donors (Lipinski definition) is 2. The van der Waals surface area contributed by atoms with E-state index in [0.717, 1.165) is 17.1 Å². The summed E-state index contributed by atoms with van der Waals surface area (Å²) in [4.78, 5) is 4.54. The second-order valence-corrected chi connectivity index (χ2v) is 5.09. The summed E-state index contributed by atoms with van der Waals surface area (Å²) in [5.41, 5.74) is 7.60. The van der Waals surface area contributed by atoms with E-state index in [-0.39, 0.29) is 5.92 Å². The van der Waals surface area contributed by atoms with E-state index in [2.05, 4.69) is 4.98 Å². The number of imidazole rings is 1. The summed E-state index contributed by atoms with van der Waals surface area (Å²) in [6, 6.07) is 5.67. The maximum atomic E-state index is 6.05. The number of nitrogens with two attached hydrogens (primary N) is 2. The molecule has 106 valence electrons. The second-order valence-electron chi connectivity index (χ2n) is 5.09. The molecule has 0 amide bonds. The Morgan fingerprint density at radius 2 is 1.90 bits per heavy atom. The molecule has 3 rings (SSSR count). The van der Waals surface area contributed by atoms with Crippen LogP contribution < -0.4 is 21.1 Å². The number of fused-ring (bicyclic) bond motifs is 1. The van der Waals surface area contributed by atoms with Crippen LogP contribution in [0.5, 0.6) is 11.5 Å². The number of benzene rings is 1. The van der Waals surface area contributed by atoms with E-state index in [0.29, 0.717) is 30.5 Å². The Bertz CT molecular complexity index is 649. The Morgan fingerprint density at radius 1 is 1.20 bits per heavy atom. The normalized spacial score (nSPS) is 13.8. The first-order chi connectivity index (χ1) is 9.58. The number of anilines is 1. The van der Waals surface area contributed by atoms with Crippen LogP contribution in [0.25, 0.3) is 11.3 Å². The van der Waals surface area contributed by atoms with Gasteiger partial charge in [-0.05, 0) is 18.2 Å². The Kier molecular flexibility index (Phi) is 2.93. The van der Waals surface area contributed by atoms with Gasteiger partial charge >= 0.3 is 0 Å². The van der Waals surface area contributed by atoms with Crippen molar-refractivity contribution in [2.24, 2.45) is 0 Å². The molecule has 1 aromatic carbocycles. The number of hydrogen-bond acceptors (Lipinski definition) is 5. The van der Waals surface area contributed by atoms with Crippen LogP contribution in [0.3, 0.4) is 0 Å². The van der Waals surface area contributed by atoms with Crippen molar-refractivity contribution < 1.29 is 9.47 Å². The van der Waals surface area contributed by atoms with Gasteiger partial charge in [0.2, 0.25) is 0 Å². The zero-order valence-corrected chi connectivity index (χ0v) is 11.6. The lowest BCUT2D eigenvalue weighted by molar-refractivity contribution is 0.171. The van der Waals surface area contributed by atoms with Gasteiger partial charge in [0.15, 0.2) is 17.3 Å². The third-order valence-corrected chi connectivity index (χ3v) is 3.31. The summed E-state index contributed by atoms with van der Waals surface area (Å²) in [6.07, 6.45) is 0. The summed E-state index contributed by atoms with van der Waals surface area (Å²) in [6.45, 7) is 5.18. The predicted octanol–water partition coefficient (Wildman–Crippen LogP) is 1.74. The Balaban J connectivity index is 2.07. The molecule has 6 heteroatoms. The number of ether oxygens (including phenoxy) is 2. The molecule has 20 heavy (non-hydrogen) atoms. The van der Waals surface area contributed by atoms with Gasteiger partial charge in [-0.2, -0.15) is 0 Å². The molecular weight excluding hydrogens is 256 g/mol. The predicted molar refractivity (Wildman–Crippen MR) is 77.3 cm³/mol. The van der Waals surface area contributed by atoms with Crippen molar-refractivity contribution in [3.8, 4) is 22.8 Å². The van der Waals surface area contributed by atoms with Gasteiger partial charge < -0.3 is 21.1 Å². The summed E-state index contributed by atoms with van der Waals surface area (Å²) in [7, 11) is 0. The zero-order valence-electron chi connectivity index (χ0n) is 11.6. The second kappa shape index (κ2) is 4.63. The minimum absolute atomic E-state index is 0.202. The Morgan fingerprint density at radius 3 is 2.55 bits per heavy atom. The molecule has 0 saturated heterocycles. The monoisotopic (exact) mass is 274 g/mol. The van der Waals surface area contributed by atoms with E-state index in [4.69, 9.17) is 21.1 Å². The lowest BCUT2D eigenvalue weighted by atomic mass is 10.1. The van der Waals surface area contributed by atoms with Crippen molar-refractivity contribution >= 4 is 5.82 Å². The molecule has 6 nitrogen and oxygen atoms in total. The van der Waals surface area contributed by atoms with Crippen molar-refractivity contribution in [3.63, 3.8) is 0 Å². The van der Waals surface area contributed by atoms with Gasteiger partial charge in [0.1, 0.15) is 24.7 Å². The molecule has 0 fully saturated rings. The smallest absolute Gasteiger partial charge is 0.162 e. The van der Waals surface area contributed by atoms with Crippen LogP contribution in [0.15, 0.2) is 18.2 Å². The number of nitrogen functional groups attached to an aromatic ring is 2. The molecule has 1 aliphatic rings. The van der Waals surface area contributed by atoms with E-state index in [1.54, 1.807) is 0 Å². The van der Waals surface area contributed by atoms with Crippen LogP contribution in [0.4, 0.5) is 5.82 Å². The quantitative estimate of drug-likeness (QED) is 0.814. The van der Waals surface area contributed by atoms with E-state index >= 15 is 0 Å². The van der Waals surface area contributed by atoms with E-state index in [1.165, 1.54) is 4.68 Å². The summed E-state index contributed by atoms with van der Waals surface area (Å²) in [5.74, 6) is 8.82. The highest BCUT2D eigenvalue weighted by atomic mass is 16.6. The lowest BCUT2D eigenvalue weighted by Crippen LogP contribution is -2.16. The van der Waals surface area contributed by atoms with Crippen LogP contribution in [0, 0.1) is 0 Å². The average molecular weight is 274 g/mol. The third kappa shape index (κ3) is 1.93. The maximum absolute atomic E-state index is 6.05. The molecule has 0 saturated carbocycles. The van der Waals surface area contributed by atoms with Crippen LogP contribution in [0.2, 0.25) is 0 Å². The topological polar surface area (TPSA) is 88.3 Å². The van der Waals surface area contributed by atoms with Crippen LogP contribution >= 0.6 is 0 Å². The van der Waals surface area contributed by atoms with Crippen molar-refractivity contribution in [2.45, 2.75) is 19.8 Å². The Labute approximate surface area is 117 Å².